The molecular formula is C9H15N3O. The quantitative estimate of drug-likeness (QED) is 0.737. The van der Waals surface area contributed by atoms with Crippen molar-refractivity contribution in [2.24, 2.45) is 5.92 Å². The Hall–Kier alpha value is -1.32. The molecule has 0 saturated carbocycles. The third kappa shape index (κ3) is 2.57. The van der Waals surface area contributed by atoms with Crippen LogP contribution in [0.2, 0.25) is 0 Å². The standard InChI is InChI=1S/C9H15N3O/c1-6(2)7(3)12-8-9(13)11-5-4-10-8/h4-7H,1-3H3,(H,10,12)(H,11,13). The number of rotatable bonds is 3. The second-order valence-corrected chi connectivity index (χ2v) is 3.44. The summed E-state index contributed by atoms with van der Waals surface area (Å²) in [5.74, 6) is 0.866. The molecule has 1 aromatic heterocycles. The second kappa shape index (κ2) is 4.07. The van der Waals surface area contributed by atoms with Crippen molar-refractivity contribution in [1.82, 2.24) is 9.97 Å². The third-order valence-corrected chi connectivity index (χ3v) is 2.07. The lowest BCUT2D eigenvalue weighted by atomic mass is 10.1. The molecule has 1 unspecified atom stereocenters. The van der Waals surface area contributed by atoms with Gasteiger partial charge in [0.1, 0.15) is 0 Å². The van der Waals surface area contributed by atoms with Gasteiger partial charge in [-0.25, -0.2) is 4.98 Å². The lowest BCUT2D eigenvalue weighted by molar-refractivity contribution is 0.557. The van der Waals surface area contributed by atoms with Crippen LogP contribution in [0.4, 0.5) is 5.82 Å². The fraction of sp³-hybridized carbons (Fsp3) is 0.556. The maximum Gasteiger partial charge on any atom is 0.290 e. The molecule has 0 radical (unpaired) electrons. The summed E-state index contributed by atoms with van der Waals surface area (Å²) in [7, 11) is 0. The largest absolute Gasteiger partial charge is 0.363 e. The first-order valence-electron chi connectivity index (χ1n) is 4.41. The summed E-state index contributed by atoms with van der Waals surface area (Å²) in [5, 5.41) is 3.05. The second-order valence-electron chi connectivity index (χ2n) is 3.44. The summed E-state index contributed by atoms with van der Waals surface area (Å²) in [6.07, 6.45) is 3.09. The van der Waals surface area contributed by atoms with E-state index in [2.05, 4.69) is 29.1 Å². The molecule has 0 aromatic carbocycles. The van der Waals surface area contributed by atoms with Crippen LogP contribution in [0.1, 0.15) is 20.8 Å². The van der Waals surface area contributed by atoms with Gasteiger partial charge >= 0.3 is 0 Å². The molecule has 0 spiro atoms. The first-order valence-corrected chi connectivity index (χ1v) is 4.41. The number of aromatic nitrogens is 2. The Morgan fingerprint density at radius 2 is 2.15 bits per heavy atom. The van der Waals surface area contributed by atoms with E-state index in [-0.39, 0.29) is 11.6 Å². The Morgan fingerprint density at radius 3 is 2.69 bits per heavy atom. The van der Waals surface area contributed by atoms with Crippen molar-refractivity contribution in [3.63, 3.8) is 0 Å². The molecule has 1 heterocycles. The number of H-pyrrole nitrogens is 1. The van der Waals surface area contributed by atoms with Gasteiger partial charge in [-0.15, -0.1) is 0 Å². The van der Waals surface area contributed by atoms with Gasteiger partial charge in [0.25, 0.3) is 5.56 Å². The molecule has 0 aliphatic rings. The van der Waals surface area contributed by atoms with Gasteiger partial charge in [-0.1, -0.05) is 13.8 Å². The fourth-order valence-corrected chi connectivity index (χ4v) is 0.837. The highest BCUT2D eigenvalue weighted by atomic mass is 16.1. The van der Waals surface area contributed by atoms with Crippen molar-refractivity contribution in [2.75, 3.05) is 5.32 Å². The lowest BCUT2D eigenvalue weighted by Gasteiger charge is -2.16. The predicted molar refractivity (Wildman–Crippen MR) is 52.8 cm³/mol. The summed E-state index contributed by atoms with van der Waals surface area (Å²) in [6, 6.07) is 0.246. The Bertz CT molecular complexity index is 319. The Balaban J connectivity index is 2.75. The van der Waals surface area contributed by atoms with Gasteiger partial charge in [-0.05, 0) is 12.8 Å². The average Bonchev–Trinajstić information content (AvgIpc) is 2.08. The molecule has 1 aromatic rings. The van der Waals surface area contributed by atoms with E-state index in [1.165, 1.54) is 6.20 Å². The topological polar surface area (TPSA) is 57.8 Å². The lowest BCUT2D eigenvalue weighted by Crippen LogP contribution is -2.26. The number of nitrogens with one attached hydrogen (secondary N) is 2. The first-order chi connectivity index (χ1) is 6.11. The van der Waals surface area contributed by atoms with E-state index in [0.717, 1.165) is 0 Å². The SMILES string of the molecule is CC(C)C(C)Nc1ncc[nH]c1=O. The minimum atomic E-state index is -0.171. The van der Waals surface area contributed by atoms with E-state index in [1.54, 1.807) is 6.20 Å². The highest BCUT2D eigenvalue weighted by Gasteiger charge is 2.08. The van der Waals surface area contributed by atoms with Crippen molar-refractivity contribution in [1.29, 1.82) is 0 Å². The smallest absolute Gasteiger partial charge is 0.290 e. The summed E-state index contributed by atoms with van der Waals surface area (Å²) in [6.45, 7) is 6.21. The predicted octanol–water partition coefficient (Wildman–Crippen LogP) is 1.23. The van der Waals surface area contributed by atoms with Crippen LogP contribution < -0.4 is 10.9 Å². The van der Waals surface area contributed by atoms with Crippen LogP contribution in [0.3, 0.4) is 0 Å². The fourth-order valence-electron chi connectivity index (χ4n) is 0.837. The third-order valence-electron chi connectivity index (χ3n) is 2.07. The number of hydrogen-bond donors (Lipinski definition) is 2. The molecule has 13 heavy (non-hydrogen) atoms. The van der Waals surface area contributed by atoms with E-state index in [1.807, 2.05) is 6.92 Å². The van der Waals surface area contributed by atoms with E-state index in [9.17, 15) is 4.79 Å². The van der Waals surface area contributed by atoms with Crippen LogP contribution in [0, 0.1) is 5.92 Å². The van der Waals surface area contributed by atoms with E-state index in [4.69, 9.17) is 0 Å². The summed E-state index contributed by atoms with van der Waals surface area (Å²) in [4.78, 5) is 17.7. The molecule has 0 fully saturated rings. The van der Waals surface area contributed by atoms with E-state index < -0.39 is 0 Å². The molecule has 1 rings (SSSR count). The first kappa shape index (κ1) is 9.77. The Labute approximate surface area is 77.4 Å². The summed E-state index contributed by atoms with van der Waals surface area (Å²) in [5.41, 5.74) is -0.171. The summed E-state index contributed by atoms with van der Waals surface area (Å²) < 4.78 is 0. The zero-order valence-corrected chi connectivity index (χ0v) is 8.16. The number of aromatic amines is 1. The van der Waals surface area contributed by atoms with Crippen LogP contribution in [0.5, 0.6) is 0 Å². The van der Waals surface area contributed by atoms with Crippen molar-refractivity contribution in [2.45, 2.75) is 26.8 Å². The van der Waals surface area contributed by atoms with Crippen molar-refractivity contribution < 1.29 is 0 Å². The van der Waals surface area contributed by atoms with E-state index >= 15 is 0 Å². The molecule has 0 bridgehead atoms. The Morgan fingerprint density at radius 1 is 1.46 bits per heavy atom. The summed E-state index contributed by atoms with van der Waals surface area (Å²) >= 11 is 0. The molecular weight excluding hydrogens is 166 g/mol. The van der Waals surface area contributed by atoms with Gasteiger partial charge in [-0.2, -0.15) is 0 Å². The molecule has 0 amide bonds. The van der Waals surface area contributed by atoms with Crippen LogP contribution in [0.25, 0.3) is 0 Å². The average molecular weight is 181 g/mol. The Kier molecular flexibility index (Phi) is 3.06. The molecule has 0 aliphatic carbocycles. The van der Waals surface area contributed by atoms with Crippen molar-refractivity contribution in [3.8, 4) is 0 Å². The van der Waals surface area contributed by atoms with Gasteiger partial charge in [0.05, 0.1) is 0 Å². The highest BCUT2D eigenvalue weighted by Crippen LogP contribution is 2.04. The molecule has 0 aliphatic heterocycles. The molecule has 72 valence electrons. The molecule has 2 N–H and O–H groups in total. The number of anilines is 1. The number of hydrogen-bond acceptors (Lipinski definition) is 3. The van der Waals surface area contributed by atoms with Crippen LogP contribution in [0.15, 0.2) is 17.2 Å². The maximum absolute atomic E-state index is 11.2. The zero-order chi connectivity index (χ0) is 9.84. The molecule has 4 nitrogen and oxygen atoms in total. The number of nitrogens with zero attached hydrogens (tertiary/aromatic N) is 1. The highest BCUT2D eigenvalue weighted by molar-refractivity contribution is 5.31. The van der Waals surface area contributed by atoms with Crippen LogP contribution in [-0.2, 0) is 0 Å². The molecule has 4 heteroatoms. The molecule has 0 saturated heterocycles. The van der Waals surface area contributed by atoms with Gasteiger partial charge in [0.2, 0.25) is 0 Å². The van der Waals surface area contributed by atoms with Gasteiger partial charge in [0, 0.05) is 18.4 Å². The van der Waals surface area contributed by atoms with E-state index in [0.29, 0.717) is 11.7 Å². The normalized spacial score (nSPS) is 12.9. The van der Waals surface area contributed by atoms with Gasteiger partial charge < -0.3 is 10.3 Å². The van der Waals surface area contributed by atoms with Crippen molar-refractivity contribution in [3.05, 3.63) is 22.7 Å². The molecule has 1 atom stereocenters. The van der Waals surface area contributed by atoms with Crippen molar-refractivity contribution >= 4 is 5.82 Å². The van der Waals surface area contributed by atoms with Crippen LogP contribution >= 0.6 is 0 Å². The van der Waals surface area contributed by atoms with Gasteiger partial charge in [-0.3, -0.25) is 4.79 Å². The monoisotopic (exact) mass is 181 g/mol. The minimum absolute atomic E-state index is 0.171. The maximum atomic E-state index is 11.2. The minimum Gasteiger partial charge on any atom is -0.363 e. The van der Waals surface area contributed by atoms with Crippen LogP contribution in [-0.4, -0.2) is 16.0 Å². The van der Waals surface area contributed by atoms with Gasteiger partial charge in [0.15, 0.2) is 5.82 Å². The zero-order valence-electron chi connectivity index (χ0n) is 8.16.